The third kappa shape index (κ3) is 2.50. The van der Waals surface area contributed by atoms with Crippen LogP contribution in [0.5, 0.6) is 0 Å². The van der Waals surface area contributed by atoms with Crippen LogP contribution in [0.15, 0.2) is 29.3 Å². The minimum Gasteiger partial charge on any atom is -0.377 e. The lowest BCUT2D eigenvalue weighted by Crippen LogP contribution is -2.72. The molecule has 4 rings (SSSR count). The molecule has 0 bridgehead atoms. The Labute approximate surface area is 142 Å². The third-order valence-corrected chi connectivity index (χ3v) is 6.04. The average Bonchev–Trinajstić information content (AvgIpc) is 2.95. The van der Waals surface area contributed by atoms with Crippen LogP contribution in [0.1, 0.15) is 38.2 Å². The molecule has 1 aromatic rings. The summed E-state index contributed by atoms with van der Waals surface area (Å²) in [5, 5.41) is 6.96. The van der Waals surface area contributed by atoms with E-state index in [-0.39, 0.29) is 5.82 Å². The van der Waals surface area contributed by atoms with Crippen molar-refractivity contribution in [3.8, 4) is 0 Å². The van der Waals surface area contributed by atoms with Crippen LogP contribution in [0.4, 0.5) is 4.39 Å². The Morgan fingerprint density at radius 1 is 1.38 bits per heavy atom. The fourth-order valence-corrected chi connectivity index (χ4v) is 4.71. The number of halogens is 1. The molecule has 0 aromatic heterocycles. The van der Waals surface area contributed by atoms with Gasteiger partial charge in [-0.1, -0.05) is 24.6 Å². The lowest BCUT2D eigenvalue weighted by atomic mass is 9.46. The minimum absolute atomic E-state index is 0.194. The van der Waals surface area contributed by atoms with Crippen LogP contribution in [0, 0.1) is 17.2 Å². The highest BCUT2D eigenvalue weighted by molar-refractivity contribution is 5.80. The molecule has 3 fully saturated rings. The molecule has 3 atom stereocenters. The predicted octanol–water partition coefficient (Wildman–Crippen LogP) is 2.84. The van der Waals surface area contributed by atoms with Crippen molar-refractivity contribution in [3.63, 3.8) is 0 Å². The second-order valence-electron chi connectivity index (χ2n) is 7.24. The number of rotatable bonds is 4. The molecule has 2 aliphatic carbocycles. The Bertz CT molecular complexity index is 629. The zero-order valence-corrected chi connectivity index (χ0v) is 14.2. The standard InChI is InChI=1S/C19H26FN3O/c1-2-21-18(22-12-13-6-3-4-7-15(13)20)23-16-14-8-11-24-17(14)19(16)9-5-10-19/h3-4,6-7,14,16-17H,2,5,8-12H2,1H3,(H2,21,22,23). The van der Waals surface area contributed by atoms with Gasteiger partial charge in [-0.05, 0) is 32.3 Å². The van der Waals surface area contributed by atoms with Gasteiger partial charge in [-0.15, -0.1) is 0 Å². The van der Waals surface area contributed by atoms with E-state index in [1.165, 1.54) is 25.3 Å². The van der Waals surface area contributed by atoms with E-state index >= 15 is 0 Å². The predicted molar refractivity (Wildman–Crippen MR) is 92.3 cm³/mol. The number of ether oxygens (including phenoxy) is 1. The van der Waals surface area contributed by atoms with E-state index in [1.54, 1.807) is 12.1 Å². The van der Waals surface area contributed by atoms with Crippen molar-refractivity contribution in [2.24, 2.45) is 16.3 Å². The molecule has 1 aliphatic heterocycles. The fraction of sp³-hybridized carbons (Fsp3) is 0.632. The van der Waals surface area contributed by atoms with E-state index in [2.05, 4.69) is 22.5 Å². The molecule has 0 amide bonds. The second-order valence-corrected chi connectivity index (χ2v) is 7.24. The molecule has 130 valence electrons. The van der Waals surface area contributed by atoms with Crippen molar-refractivity contribution < 1.29 is 9.13 Å². The maximum atomic E-state index is 13.8. The molecule has 1 saturated heterocycles. The number of nitrogens with one attached hydrogen (secondary N) is 2. The fourth-order valence-electron chi connectivity index (χ4n) is 4.71. The summed E-state index contributed by atoms with van der Waals surface area (Å²) in [6.07, 6.45) is 5.37. The molecule has 2 N–H and O–H groups in total. The van der Waals surface area contributed by atoms with Crippen molar-refractivity contribution >= 4 is 5.96 Å². The normalized spacial score (nSPS) is 30.4. The van der Waals surface area contributed by atoms with Gasteiger partial charge in [0.2, 0.25) is 0 Å². The van der Waals surface area contributed by atoms with Crippen molar-refractivity contribution in [2.75, 3.05) is 13.2 Å². The molecule has 5 heteroatoms. The maximum absolute atomic E-state index is 13.8. The van der Waals surface area contributed by atoms with Crippen LogP contribution in [0.2, 0.25) is 0 Å². The molecule has 4 nitrogen and oxygen atoms in total. The molecular formula is C19H26FN3O. The summed E-state index contributed by atoms with van der Waals surface area (Å²) in [5.41, 5.74) is 0.943. The highest BCUT2D eigenvalue weighted by Crippen LogP contribution is 2.62. The molecule has 1 spiro atoms. The summed E-state index contributed by atoms with van der Waals surface area (Å²) in [6, 6.07) is 7.28. The van der Waals surface area contributed by atoms with E-state index < -0.39 is 0 Å². The van der Waals surface area contributed by atoms with E-state index in [4.69, 9.17) is 4.74 Å². The number of hydrogen-bond donors (Lipinski definition) is 2. The van der Waals surface area contributed by atoms with Crippen molar-refractivity contribution in [1.82, 2.24) is 10.6 Å². The van der Waals surface area contributed by atoms with Gasteiger partial charge < -0.3 is 15.4 Å². The largest absolute Gasteiger partial charge is 0.377 e. The lowest BCUT2D eigenvalue weighted by molar-refractivity contribution is -0.171. The third-order valence-electron chi connectivity index (χ3n) is 6.04. The lowest BCUT2D eigenvalue weighted by Gasteiger charge is -2.63. The van der Waals surface area contributed by atoms with Crippen LogP contribution < -0.4 is 10.6 Å². The summed E-state index contributed by atoms with van der Waals surface area (Å²) >= 11 is 0. The summed E-state index contributed by atoms with van der Waals surface area (Å²) < 4.78 is 19.8. The first-order chi connectivity index (χ1) is 11.7. The average molecular weight is 331 g/mol. The van der Waals surface area contributed by atoms with Gasteiger partial charge in [0, 0.05) is 36.1 Å². The molecule has 24 heavy (non-hydrogen) atoms. The van der Waals surface area contributed by atoms with Crippen molar-refractivity contribution in [1.29, 1.82) is 0 Å². The van der Waals surface area contributed by atoms with Gasteiger partial charge in [0.1, 0.15) is 5.82 Å². The number of aliphatic imine (C=N–C) groups is 1. The molecule has 0 radical (unpaired) electrons. The molecule has 2 saturated carbocycles. The van der Waals surface area contributed by atoms with Gasteiger partial charge in [0.15, 0.2) is 5.96 Å². The first-order valence-electron chi connectivity index (χ1n) is 9.14. The SMILES string of the molecule is CCNC(=NCc1ccccc1F)NC1C2CCOC2C12CCC2. The van der Waals surface area contributed by atoms with Gasteiger partial charge in [-0.2, -0.15) is 0 Å². The van der Waals surface area contributed by atoms with Gasteiger partial charge in [-0.3, -0.25) is 0 Å². The van der Waals surface area contributed by atoms with Gasteiger partial charge in [0.05, 0.1) is 12.6 Å². The summed E-state index contributed by atoms with van der Waals surface area (Å²) in [7, 11) is 0. The maximum Gasteiger partial charge on any atom is 0.191 e. The summed E-state index contributed by atoms with van der Waals surface area (Å²) in [6.45, 7) is 4.10. The van der Waals surface area contributed by atoms with Crippen LogP contribution in [-0.4, -0.2) is 31.3 Å². The Kier molecular flexibility index (Phi) is 4.21. The molecule has 1 aromatic carbocycles. The zero-order chi connectivity index (χ0) is 16.6. The topological polar surface area (TPSA) is 45.7 Å². The van der Waals surface area contributed by atoms with Gasteiger partial charge in [-0.25, -0.2) is 9.38 Å². The molecule has 3 unspecified atom stereocenters. The Balaban J connectivity index is 1.47. The van der Waals surface area contributed by atoms with Crippen molar-refractivity contribution in [3.05, 3.63) is 35.6 Å². The van der Waals surface area contributed by atoms with Crippen LogP contribution >= 0.6 is 0 Å². The quantitative estimate of drug-likeness (QED) is 0.659. The first kappa shape index (κ1) is 15.9. The number of benzene rings is 1. The summed E-state index contributed by atoms with van der Waals surface area (Å²) in [5.74, 6) is 1.20. The van der Waals surface area contributed by atoms with E-state index in [0.29, 0.717) is 35.6 Å². The highest BCUT2D eigenvalue weighted by atomic mass is 19.1. The molecule has 1 heterocycles. The second kappa shape index (κ2) is 6.36. The number of hydrogen-bond acceptors (Lipinski definition) is 2. The van der Waals surface area contributed by atoms with Crippen LogP contribution in [-0.2, 0) is 11.3 Å². The smallest absolute Gasteiger partial charge is 0.191 e. The van der Waals surface area contributed by atoms with E-state index in [0.717, 1.165) is 25.5 Å². The monoisotopic (exact) mass is 331 g/mol. The number of fused-ring (bicyclic) bond motifs is 2. The Hall–Kier alpha value is -1.62. The Morgan fingerprint density at radius 3 is 2.92 bits per heavy atom. The van der Waals surface area contributed by atoms with Gasteiger partial charge in [0.25, 0.3) is 0 Å². The van der Waals surface area contributed by atoms with Gasteiger partial charge >= 0.3 is 0 Å². The van der Waals surface area contributed by atoms with Crippen LogP contribution in [0.3, 0.4) is 0 Å². The highest BCUT2D eigenvalue weighted by Gasteiger charge is 2.66. The zero-order valence-electron chi connectivity index (χ0n) is 14.2. The first-order valence-corrected chi connectivity index (χ1v) is 9.14. The summed E-state index contributed by atoms with van der Waals surface area (Å²) in [4.78, 5) is 4.62. The number of nitrogens with zero attached hydrogens (tertiary/aromatic N) is 1. The Morgan fingerprint density at radius 2 is 2.21 bits per heavy atom. The van der Waals surface area contributed by atoms with Crippen molar-refractivity contribution in [2.45, 2.75) is 51.3 Å². The molecular weight excluding hydrogens is 305 g/mol. The van der Waals surface area contributed by atoms with Crippen LogP contribution in [0.25, 0.3) is 0 Å². The number of guanidine groups is 1. The minimum atomic E-state index is -0.194. The van der Waals surface area contributed by atoms with E-state index in [1.807, 2.05) is 6.07 Å². The molecule has 3 aliphatic rings. The van der Waals surface area contributed by atoms with E-state index in [9.17, 15) is 4.39 Å².